The van der Waals surface area contributed by atoms with Crippen molar-refractivity contribution < 1.29 is 70.8 Å². The van der Waals surface area contributed by atoms with E-state index in [0.29, 0.717) is 32.1 Å². The highest BCUT2D eigenvalue weighted by molar-refractivity contribution is 7.61. The molecule has 4 N–H and O–H groups in total. The molecule has 2 heterocycles. The molecule has 19 heteroatoms. The number of hydrogen-bond donors (Lipinski definition) is 4. The minimum absolute atomic E-state index is 0.0676. The van der Waals surface area contributed by atoms with Crippen LogP contribution in [0.15, 0.2) is 36.0 Å². The maximum atomic E-state index is 14.3. The summed E-state index contributed by atoms with van der Waals surface area (Å²) in [5.41, 5.74) is -2.26. The highest BCUT2D eigenvalue weighted by Gasteiger charge is 2.76. The van der Waals surface area contributed by atoms with Crippen LogP contribution in [0.1, 0.15) is 65.7 Å². The standard InChI is InChI=1S/C34H46N2O15P2/c1-4-5-30-49-26-17-23-22-7-6-20-16-21(37)10-12-32(20,2)31(22)24(38)18-33(23,3)34(26,50-30)25(39)19-48-53(45,46)51-52(43,44)47-15-13-35-27(40)11-14-36-28(41)8-9-29(36)42/h8-10,12,16,22-24,26,30-31,38H,4-7,11,13-15,17-19H2,1-3H3,(H,35,40)(H,43,44)(H,45,46)/t22-,23-,24-,26+,30?,31+,32-,33-,34+/m0/s1. The van der Waals surface area contributed by atoms with Crippen LogP contribution in [0.5, 0.6) is 0 Å². The van der Waals surface area contributed by atoms with Gasteiger partial charge in [0.15, 0.2) is 23.5 Å². The molecule has 0 radical (unpaired) electrons. The van der Waals surface area contributed by atoms with Crippen molar-refractivity contribution in [3.63, 3.8) is 0 Å². The van der Waals surface area contributed by atoms with Gasteiger partial charge in [0.25, 0.3) is 11.8 Å². The first-order valence-electron chi connectivity index (χ1n) is 17.8. The van der Waals surface area contributed by atoms with Crippen LogP contribution in [-0.4, -0.2) is 99.5 Å². The number of ether oxygens (including phenoxy) is 2. The van der Waals surface area contributed by atoms with Gasteiger partial charge >= 0.3 is 15.6 Å². The number of phosphoric acid groups is 2. The lowest BCUT2D eigenvalue weighted by molar-refractivity contribution is -0.200. The molecule has 0 spiro atoms. The Morgan fingerprint density at radius 1 is 1.08 bits per heavy atom. The first-order chi connectivity index (χ1) is 24.9. The number of nitrogens with zero attached hydrogens (tertiary/aromatic N) is 1. The summed E-state index contributed by atoms with van der Waals surface area (Å²) in [4.78, 5) is 83.1. The second kappa shape index (κ2) is 14.8. The van der Waals surface area contributed by atoms with E-state index in [-0.39, 0.29) is 49.5 Å². The van der Waals surface area contributed by atoms with Crippen molar-refractivity contribution in [1.29, 1.82) is 0 Å². The van der Waals surface area contributed by atoms with Crippen molar-refractivity contribution >= 4 is 44.9 Å². The first-order valence-corrected chi connectivity index (χ1v) is 20.8. The Labute approximate surface area is 306 Å². The molecule has 0 bridgehead atoms. The molecule has 17 nitrogen and oxygen atoms in total. The van der Waals surface area contributed by atoms with Crippen LogP contribution >= 0.6 is 15.6 Å². The fraction of sp³-hybridized carbons (Fsp3) is 0.676. The first kappa shape index (κ1) is 40.0. The number of allylic oxidation sites excluding steroid dienone is 4. The maximum absolute atomic E-state index is 14.3. The second-order valence-corrected chi connectivity index (χ2v) is 18.0. The van der Waals surface area contributed by atoms with Crippen LogP contribution < -0.4 is 5.32 Å². The number of ketones is 2. The largest absolute Gasteiger partial charge is 0.481 e. The van der Waals surface area contributed by atoms with Crippen LogP contribution in [0, 0.1) is 28.6 Å². The lowest BCUT2D eigenvalue weighted by Gasteiger charge is -2.59. The number of phosphoric ester groups is 2. The van der Waals surface area contributed by atoms with Crippen LogP contribution in [0.2, 0.25) is 0 Å². The molecule has 6 aliphatic rings. The van der Waals surface area contributed by atoms with Crippen molar-refractivity contribution in [3.8, 4) is 0 Å². The van der Waals surface area contributed by atoms with Gasteiger partial charge in [-0.3, -0.25) is 37.9 Å². The average Bonchev–Trinajstić information content (AvgIpc) is 3.68. The number of fused-ring (bicyclic) bond motifs is 7. The number of rotatable bonds is 15. The van der Waals surface area contributed by atoms with Crippen LogP contribution in [0.3, 0.4) is 0 Å². The van der Waals surface area contributed by atoms with Gasteiger partial charge in [0.2, 0.25) is 5.91 Å². The summed E-state index contributed by atoms with van der Waals surface area (Å²) in [6.07, 6.45) is 7.59. The van der Waals surface area contributed by atoms with Crippen LogP contribution in [0.4, 0.5) is 0 Å². The summed E-state index contributed by atoms with van der Waals surface area (Å²) in [5.74, 6) is -3.01. The van der Waals surface area contributed by atoms with Crippen molar-refractivity contribution in [3.05, 3.63) is 36.0 Å². The van der Waals surface area contributed by atoms with E-state index in [1.807, 2.05) is 26.8 Å². The maximum Gasteiger partial charge on any atom is 0.481 e. The molecule has 4 aliphatic carbocycles. The Balaban J connectivity index is 1.08. The van der Waals surface area contributed by atoms with E-state index >= 15 is 0 Å². The minimum Gasteiger partial charge on any atom is -0.393 e. The van der Waals surface area contributed by atoms with Crippen LogP contribution in [-0.2, 0) is 55.9 Å². The minimum atomic E-state index is -5.41. The van der Waals surface area contributed by atoms with Crippen molar-refractivity contribution in [2.24, 2.45) is 28.6 Å². The normalized spacial score (nSPS) is 38.0. The van der Waals surface area contributed by atoms with Gasteiger partial charge in [0.05, 0.1) is 18.8 Å². The van der Waals surface area contributed by atoms with Gasteiger partial charge in [-0.25, -0.2) is 9.13 Å². The third-order valence-corrected chi connectivity index (χ3v) is 14.5. The monoisotopic (exact) mass is 784 g/mol. The smallest absolute Gasteiger partial charge is 0.393 e. The summed E-state index contributed by atoms with van der Waals surface area (Å²) >= 11 is 0. The van der Waals surface area contributed by atoms with E-state index in [2.05, 4.69) is 9.63 Å². The fourth-order valence-corrected chi connectivity index (χ4v) is 11.8. The quantitative estimate of drug-likeness (QED) is 0.106. The summed E-state index contributed by atoms with van der Waals surface area (Å²) in [7, 11) is -10.7. The van der Waals surface area contributed by atoms with Gasteiger partial charge in [0, 0.05) is 48.4 Å². The van der Waals surface area contributed by atoms with Gasteiger partial charge < -0.3 is 29.7 Å². The van der Waals surface area contributed by atoms with Gasteiger partial charge in [-0.05, 0) is 56.1 Å². The molecule has 292 valence electrons. The summed E-state index contributed by atoms with van der Waals surface area (Å²) < 4.78 is 52.3. The van der Waals surface area contributed by atoms with E-state index in [1.165, 1.54) is 6.08 Å². The molecule has 4 fully saturated rings. The zero-order valence-corrected chi connectivity index (χ0v) is 31.5. The predicted molar refractivity (Wildman–Crippen MR) is 182 cm³/mol. The highest BCUT2D eigenvalue weighted by atomic mass is 31.3. The number of Topliss-reactive ketones (excluding diaryl/α,β-unsaturated/α-hetero) is 1. The number of carbonyl (C=O) groups excluding carboxylic acids is 5. The lowest BCUT2D eigenvalue weighted by atomic mass is 9.46. The number of aliphatic hydroxyl groups is 1. The zero-order chi connectivity index (χ0) is 38.6. The highest BCUT2D eigenvalue weighted by Crippen LogP contribution is 2.70. The molecule has 3 amide bonds. The summed E-state index contributed by atoms with van der Waals surface area (Å²) in [6.45, 7) is 3.62. The van der Waals surface area contributed by atoms with E-state index < -0.39 is 87.3 Å². The Bertz CT molecular complexity index is 1730. The van der Waals surface area contributed by atoms with E-state index in [1.54, 1.807) is 6.08 Å². The number of hydrogen-bond acceptors (Lipinski definition) is 13. The molecule has 3 saturated carbocycles. The Morgan fingerprint density at radius 3 is 2.47 bits per heavy atom. The van der Waals surface area contributed by atoms with Gasteiger partial charge in [0.1, 0.15) is 6.61 Å². The Hall–Kier alpha value is -2.69. The molecule has 2 aliphatic heterocycles. The van der Waals surface area contributed by atoms with E-state index in [4.69, 9.17) is 18.5 Å². The van der Waals surface area contributed by atoms with Crippen molar-refractivity contribution in [2.75, 3.05) is 26.3 Å². The van der Waals surface area contributed by atoms with Crippen molar-refractivity contribution in [2.45, 2.75) is 89.8 Å². The molecule has 0 aromatic heterocycles. The number of aliphatic hydroxyl groups excluding tert-OH is 1. The van der Waals surface area contributed by atoms with Crippen molar-refractivity contribution in [1.82, 2.24) is 10.2 Å². The second-order valence-electron chi connectivity index (χ2n) is 15.0. The number of carbonyl (C=O) groups is 5. The van der Waals surface area contributed by atoms with Crippen LogP contribution in [0.25, 0.3) is 0 Å². The SMILES string of the molecule is CCCC1O[C@@H]2C[C@H]3[C@@H]4CCC5=CC(=O)C=C[C@]5(C)[C@H]4[C@@H](O)C[C@]3(C)[C@]2(C(=O)COP(=O)(O)OP(=O)(O)OCCNC(=O)CCN2C(=O)C=CC2=O)O1. The topological polar surface area (TPSA) is 242 Å². The molecule has 6 rings (SSSR count). The van der Waals surface area contributed by atoms with Gasteiger partial charge in [-0.1, -0.05) is 38.8 Å². The van der Waals surface area contributed by atoms with E-state index in [0.717, 1.165) is 22.6 Å². The average molecular weight is 785 g/mol. The number of nitrogens with one attached hydrogen (secondary N) is 1. The third-order valence-electron chi connectivity index (χ3n) is 11.9. The molecular formula is C34H46N2O15P2. The molecule has 0 aromatic rings. The number of imide groups is 1. The lowest BCUT2D eigenvalue weighted by Crippen LogP contribution is -2.63. The molecule has 0 aromatic carbocycles. The summed E-state index contributed by atoms with van der Waals surface area (Å²) in [6, 6.07) is 0. The zero-order valence-electron chi connectivity index (χ0n) is 29.7. The molecule has 3 unspecified atom stereocenters. The predicted octanol–water partition coefficient (Wildman–Crippen LogP) is 2.41. The Morgan fingerprint density at radius 2 is 1.77 bits per heavy atom. The van der Waals surface area contributed by atoms with Gasteiger partial charge in [-0.15, -0.1) is 0 Å². The third kappa shape index (κ3) is 7.38. The summed E-state index contributed by atoms with van der Waals surface area (Å²) in [5, 5.41) is 14.2. The molecule has 1 saturated heterocycles. The fourth-order valence-electron chi connectivity index (χ4n) is 9.74. The molecular weight excluding hydrogens is 738 g/mol. The number of amides is 3. The Kier molecular flexibility index (Phi) is 11.1. The molecule has 11 atom stereocenters. The molecule has 53 heavy (non-hydrogen) atoms. The van der Waals surface area contributed by atoms with Gasteiger partial charge in [-0.2, -0.15) is 4.31 Å². The van der Waals surface area contributed by atoms with E-state index in [9.17, 15) is 48.0 Å².